The molecule has 1 saturated carbocycles. The minimum Gasteiger partial charge on any atom is -0.352 e. The Balaban J connectivity index is 2.02. The third-order valence-corrected chi connectivity index (χ3v) is 4.56. The predicted octanol–water partition coefficient (Wildman–Crippen LogP) is 2.69. The summed E-state index contributed by atoms with van der Waals surface area (Å²) in [7, 11) is 0. The number of hydrogen-bond acceptors (Lipinski definition) is 5. The van der Waals surface area contributed by atoms with E-state index in [1.807, 2.05) is 19.9 Å². The predicted molar refractivity (Wildman–Crippen MR) is 92.3 cm³/mol. The number of amides is 1. The summed E-state index contributed by atoms with van der Waals surface area (Å²) in [5, 5.41) is 6.39. The Kier molecular flexibility index (Phi) is 6.49. The van der Waals surface area contributed by atoms with Crippen LogP contribution in [0.1, 0.15) is 43.5 Å². The number of carbonyl (C=O) groups excluding carboxylic acids is 1. The van der Waals surface area contributed by atoms with E-state index in [9.17, 15) is 4.79 Å². The topological polar surface area (TPSA) is 66.9 Å². The molecule has 0 radical (unpaired) electrons. The number of aryl methyl sites for hydroxylation is 2. The first-order valence-electron chi connectivity index (χ1n) is 7.96. The minimum atomic E-state index is -0.269. The molecule has 0 aromatic carbocycles. The highest BCUT2D eigenvalue weighted by atomic mass is 32.2. The monoisotopic (exact) mass is 322 g/mol. The van der Waals surface area contributed by atoms with E-state index in [2.05, 4.69) is 26.9 Å². The Morgan fingerprint density at radius 1 is 1.32 bits per heavy atom. The van der Waals surface area contributed by atoms with Crippen molar-refractivity contribution in [3.05, 3.63) is 17.5 Å². The zero-order valence-electron chi connectivity index (χ0n) is 13.7. The maximum atomic E-state index is 12.5. The second-order valence-corrected chi connectivity index (χ2v) is 6.93. The number of rotatable bonds is 7. The first-order valence-corrected chi connectivity index (χ1v) is 9.36. The van der Waals surface area contributed by atoms with Crippen LogP contribution in [0.5, 0.6) is 0 Å². The van der Waals surface area contributed by atoms with Crippen LogP contribution >= 0.6 is 11.8 Å². The van der Waals surface area contributed by atoms with Crippen molar-refractivity contribution < 1.29 is 4.79 Å². The van der Waals surface area contributed by atoms with Crippen LogP contribution in [-0.4, -0.2) is 40.0 Å². The van der Waals surface area contributed by atoms with Crippen molar-refractivity contribution in [2.75, 3.05) is 17.3 Å². The number of carbonyl (C=O) groups is 1. The Morgan fingerprint density at radius 3 is 2.55 bits per heavy atom. The van der Waals surface area contributed by atoms with Gasteiger partial charge in [-0.2, -0.15) is 11.8 Å². The molecule has 1 heterocycles. The number of nitrogens with one attached hydrogen (secondary N) is 2. The lowest BCUT2D eigenvalue weighted by molar-refractivity contribution is -0.122. The Hall–Kier alpha value is -1.30. The maximum Gasteiger partial charge on any atom is 0.242 e. The van der Waals surface area contributed by atoms with E-state index in [4.69, 9.17) is 0 Å². The molecule has 1 aliphatic rings. The van der Waals surface area contributed by atoms with Crippen molar-refractivity contribution in [3.63, 3.8) is 0 Å². The summed E-state index contributed by atoms with van der Waals surface area (Å²) < 4.78 is 0. The maximum absolute atomic E-state index is 12.5. The zero-order valence-corrected chi connectivity index (χ0v) is 14.5. The largest absolute Gasteiger partial charge is 0.352 e. The zero-order chi connectivity index (χ0) is 15.9. The molecular weight excluding hydrogens is 296 g/mol. The van der Waals surface area contributed by atoms with E-state index in [1.165, 1.54) is 12.8 Å². The fourth-order valence-electron chi connectivity index (χ4n) is 2.82. The van der Waals surface area contributed by atoms with Crippen LogP contribution < -0.4 is 10.6 Å². The van der Waals surface area contributed by atoms with E-state index in [0.717, 1.165) is 36.4 Å². The molecule has 2 N–H and O–H groups in total. The summed E-state index contributed by atoms with van der Waals surface area (Å²) in [4.78, 5) is 21.3. The lowest BCUT2D eigenvalue weighted by Gasteiger charge is -2.21. The van der Waals surface area contributed by atoms with E-state index in [-0.39, 0.29) is 11.9 Å². The van der Waals surface area contributed by atoms with Gasteiger partial charge in [0.05, 0.1) is 0 Å². The molecule has 1 aromatic rings. The van der Waals surface area contributed by atoms with Gasteiger partial charge in [0.15, 0.2) is 0 Å². The number of hydrogen-bond donors (Lipinski definition) is 2. The molecule has 1 amide bonds. The summed E-state index contributed by atoms with van der Waals surface area (Å²) in [5.41, 5.74) is 1.82. The molecule has 1 fully saturated rings. The van der Waals surface area contributed by atoms with Crippen molar-refractivity contribution in [2.24, 2.45) is 0 Å². The van der Waals surface area contributed by atoms with Gasteiger partial charge in [-0.1, -0.05) is 12.8 Å². The van der Waals surface area contributed by atoms with Gasteiger partial charge < -0.3 is 10.6 Å². The van der Waals surface area contributed by atoms with Crippen molar-refractivity contribution in [2.45, 2.75) is 58.0 Å². The van der Waals surface area contributed by atoms with Crippen molar-refractivity contribution in [1.29, 1.82) is 0 Å². The highest BCUT2D eigenvalue weighted by Gasteiger charge is 2.23. The second kappa shape index (κ2) is 8.36. The van der Waals surface area contributed by atoms with Gasteiger partial charge in [0.2, 0.25) is 11.9 Å². The quantitative estimate of drug-likeness (QED) is 0.808. The summed E-state index contributed by atoms with van der Waals surface area (Å²) in [6.07, 6.45) is 7.46. The molecule has 1 aliphatic carbocycles. The van der Waals surface area contributed by atoms with E-state index >= 15 is 0 Å². The molecule has 0 bridgehead atoms. The fourth-order valence-corrected chi connectivity index (χ4v) is 3.29. The first kappa shape index (κ1) is 17.1. The van der Waals surface area contributed by atoms with Crippen LogP contribution in [0.2, 0.25) is 0 Å². The van der Waals surface area contributed by atoms with E-state index < -0.39 is 0 Å². The minimum absolute atomic E-state index is 0.0729. The third-order valence-electron chi connectivity index (χ3n) is 3.91. The van der Waals surface area contributed by atoms with Gasteiger partial charge in [-0.3, -0.25) is 4.79 Å². The molecule has 122 valence electrons. The number of nitrogens with zero attached hydrogens (tertiary/aromatic N) is 2. The van der Waals surface area contributed by atoms with Gasteiger partial charge in [-0.15, -0.1) is 0 Å². The highest BCUT2D eigenvalue weighted by Crippen LogP contribution is 2.18. The molecule has 1 aromatic heterocycles. The third kappa shape index (κ3) is 5.16. The van der Waals surface area contributed by atoms with Gasteiger partial charge >= 0.3 is 0 Å². The number of aromatic nitrogens is 2. The van der Waals surface area contributed by atoms with Crippen LogP contribution in [0, 0.1) is 13.8 Å². The van der Waals surface area contributed by atoms with Crippen LogP contribution in [0.15, 0.2) is 6.07 Å². The Labute approximate surface area is 137 Å². The average Bonchev–Trinajstić information content (AvgIpc) is 2.95. The fraction of sp³-hybridized carbons (Fsp3) is 0.688. The molecule has 22 heavy (non-hydrogen) atoms. The van der Waals surface area contributed by atoms with Crippen LogP contribution in [0.25, 0.3) is 0 Å². The van der Waals surface area contributed by atoms with Gasteiger partial charge in [0.1, 0.15) is 6.04 Å². The van der Waals surface area contributed by atoms with Crippen LogP contribution in [0.3, 0.4) is 0 Å². The smallest absolute Gasteiger partial charge is 0.242 e. The molecule has 5 nitrogen and oxygen atoms in total. The first-order chi connectivity index (χ1) is 10.6. The highest BCUT2D eigenvalue weighted by molar-refractivity contribution is 7.98. The summed E-state index contributed by atoms with van der Waals surface area (Å²) in [5.74, 6) is 1.55. The van der Waals surface area contributed by atoms with Crippen molar-refractivity contribution in [1.82, 2.24) is 15.3 Å². The second-order valence-electron chi connectivity index (χ2n) is 5.94. The molecule has 6 heteroatoms. The molecular formula is C16H26N4OS. The standard InChI is InChI=1S/C16H26N4OS/c1-11-10-12(2)18-16(17-11)20-14(8-9-22-3)15(21)19-13-6-4-5-7-13/h10,13-14H,4-9H2,1-3H3,(H,19,21)(H,17,18,20)/t14-/m0/s1. The molecule has 0 saturated heterocycles. The van der Waals surface area contributed by atoms with Gasteiger partial charge in [-0.05, 0) is 51.2 Å². The number of anilines is 1. The van der Waals surface area contributed by atoms with Crippen LogP contribution in [-0.2, 0) is 4.79 Å². The summed E-state index contributed by atoms with van der Waals surface area (Å²) in [6, 6.07) is 2.00. The molecule has 1 atom stereocenters. The van der Waals surface area contributed by atoms with Crippen molar-refractivity contribution >= 4 is 23.6 Å². The lowest BCUT2D eigenvalue weighted by Crippen LogP contribution is -2.44. The lowest BCUT2D eigenvalue weighted by atomic mass is 10.1. The SMILES string of the molecule is CSCC[C@H](Nc1nc(C)cc(C)n1)C(=O)NC1CCCC1. The summed E-state index contributed by atoms with van der Waals surface area (Å²) in [6.45, 7) is 3.88. The number of thioether (sulfide) groups is 1. The Morgan fingerprint density at radius 2 is 1.95 bits per heavy atom. The van der Waals surface area contributed by atoms with Gasteiger partial charge in [-0.25, -0.2) is 9.97 Å². The van der Waals surface area contributed by atoms with E-state index in [1.54, 1.807) is 11.8 Å². The van der Waals surface area contributed by atoms with E-state index in [0.29, 0.717) is 12.0 Å². The molecule has 2 rings (SSSR count). The average molecular weight is 322 g/mol. The van der Waals surface area contributed by atoms with Gasteiger partial charge in [0.25, 0.3) is 0 Å². The van der Waals surface area contributed by atoms with Crippen molar-refractivity contribution in [3.8, 4) is 0 Å². The molecule has 0 spiro atoms. The molecule has 0 aliphatic heterocycles. The Bertz CT molecular complexity index is 483. The van der Waals surface area contributed by atoms with Gasteiger partial charge in [0, 0.05) is 17.4 Å². The van der Waals surface area contributed by atoms with Crippen LogP contribution in [0.4, 0.5) is 5.95 Å². The molecule has 0 unspecified atom stereocenters. The normalized spacial score (nSPS) is 16.5. The summed E-state index contributed by atoms with van der Waals surface area (Å²) >= 11 is 1.75.